The Morgan fingerprint density at radius 2 is 2.08 bits per heavy atom. The van der Waals surface area contributed by atoms with E-state index in [-0.39, 0.29) is 11.5 Å². The highest BCUT2D eigenvalue weighted by Crippen LogP contribution is 2.53. The number of allylic oxidation sites excluding steroid dienone is 3. The quantitative estimate of drug-likeness (QED) is 0.615. The summed E-state index contributed by atoms with van der Waals surface area (Å²) in [4.78, 5) is 14.5. The van der Waals surface area contributed by atoms with Crippen LogP contribution in [0.25, 0.3) is 0 Å². The molecule has 0 radical (unpaired) electrons. The molecule has 0 N–H and O–H groups in total. The molecular weight excluding hydrogens is 369 g/mol. The lowest BCUT2D eigenvalue weighted by molar-refractivity contribution is 0.0279. The number of nitrogens with zero attached hydrogens (tertiary/aromatic N) is 1. The first-order chi connectivity index (χ1) is 12.1. The highest BCUT2D eigenvalue weighted by molar-refractivity contribution is 6.42. The number of carbonyl (C=O) groups is 1. The Balaban J connectivity index is 1.94. The highest BCUT2D eigenvalue weighted by Gasteiger charge is 2.53. The van der Waals surface area contributed by atoms with Crippen LogP contribution in [0.4, 0.5) is 4.79 Å². The Kier molecular flexibility index (Phi) is 5.15. The first-order valence-corrected chi connectivity index (χ1v) is 9.64. The third-order valence-electron chi connectivity index (χ3n) is 5.25. The summed E-state index contributed by atoms with van der Waals surface area (Å²) < 4.78 is 5.59. The number of fused-ring (bicyclic) bond motifs is 1. The summed E-state index contributed by atoms with van der Waals surface area (Å²) in [6.45, 7) is 10.8. The molecule has 2 atom stereocenters. The fraction of sp³-hybridized carbons (Fsp3) is 0.476. The summed E-state index contributed by atoms with van der Waals surface area (Å²) in [5.74, 6) is 0.332. The molecule has 1 aromatic carbocycles. The molecule has 1 amide bonds. The van der Waals surface area contributed by atoms with Crippen LogP contribution in [0.15, 0.2) is 42.5 Å². The summed E-state index contributed by atoms with van der Waals surface area (Å²) in [5.41, 5.74) is 1.84. The number of likely N-dealkylation sites (tertiary alicyclic amines) is 1. The van der Waals surface area contributed by atoms with Gasteiger partial charge in [0.25, 0.3) is 0 Å². The Morgan fingerprint density at radius 3 is 2.69 bits per heavy atom. The number of rotatable bonds is 2. The van der Waals surface area contributed by atoms with Gasteiger partial charge in [0.05, 0.1) is 10.0 Å². The zero-order valence-corrected chi connectivity index (χ0v) is 17.0. The fourth-order valence-corrected chi connectivity index (χ4v) is 4.52. The van der Waals surface area contributed by atoms with E-state index in [2.05, 4.69) is 12.7 Å². The van der Waals surface area contributed by atoms with Crippen LogP contribution in [0.5, 0.6) is 0 Å². The second-order valence-electron chi connectivity index (χ2n) is 8.28. The van der Waals surface area contributed by atoms with Gasteiger partial charge in [-0.25, -0.2) is 4.79 Å². The van der Waals surface area contributed by atoms with Crippen molar-refractivity contribution in [2.75, 3.05) is 13.1 Å². The van der Waals surface area contributed by atoms with Crippen LogP contribution in [-0.2, 0) is 10.2 Å². The van der Waals surface area contributed by atoms with Gasteiger partial charge in [-0.3, -0.25) is 0 Å². The Labute approximate surface area is 165 Å². The molecule has 3 nitrogen and oxygen atoms in total. The van der Waals surface area contributed by atoms with Gasteiger partial charge < -0.3 is 9.64 Å². The van der Waals surface area contributed by atoms with Gasteiger partial charge in [-0.1, -0.05) is 53.6 Å². The average Bonchev–Trinajstić information content (AvgIpc) is 3.03. The van der Waals surface area contributed by atoms with Crippen molar-refractivity contribution in [1.82, 2.24) is 4.90 Å². The molecule has 0 aromatic heterocycles. The lowest BCUT2D eigenvalue weighted by Crippen LogP contribution is -2.38. The molecule has 2 aliphatic rings. The van der Waals surface area contributed by atoms with Crippen LogP contribution >= 0.6 is 23.2 Å². The molecule has 5 heteroatoms. The van der Waals surface area contributed by atoms with Gasteiger partial charge in [-0.05, 0) is 57.2 Å². The van der Waals surface area contributed by atoms with E-state index in [0.29, 0.717) is 29.1 Å². The minimum atomic E-state index is -0.501. The molecule has 1 aliphatic carbocycles. The van der Waals surface area contributed by atoms with E-state index < -0.39 is 5.60 Å². The zero-order valence-electron chi connectivity index (χ0n) is 15.5. The van der Waals surface area contributed by atoms with Crippen LogP contribution in [-0.4, -0.2) is 29.7 Å². The number of amides is 1. The van der Waals surface area contributed by atoms with Gasteiger partial charge in [0.1, 0.15) is 5.60 Å². The second-order valence-corrected chi connectivity index (χ2v) is 9.10. The predicted molar refractivity (Wildman–Crippen MR) is 107 cm³/mol. The van der Waals surface area contributed by atoms with Gasteiger partial charge in [-0.2, -0.15) is 0 Å². The van der Waals surface area contributed by atoms with Gasteiger partial charge in [-0.15, -0.1) is 0 Å². The van der Waals surface area contributed by atoms with Crippen LogP contribution in [0, 0.1) is 5.92 Å². The molecule has 1 saturated carbocycles. The van der Waals surface area contributed by atoms with Crippen molar-refractivity contribution in [3.63, 3.8) is 0 Å². The normalized spacial score (nSPS) is 26.9. The summed E-state index contributed by atoms with van der Waals surface area (Å²) in [7, 11) is 0. The van der Waals surface area contributed by atoms with Gasteiger partial charge in [0, 0.05) is 18.5 Å². The average molecular weight is 394 g/mol. The van der Waals surface area contributed by atoms with Crippen molar-refractivity contribution in [1.29, 1.82) is 0 Å². The first kappa shape index (κ1) is 19.3. The zero-order chi connectivity index (χ0) is 19.1. The summed E-state index contributed by atoms with van der Waals surface area (Å²) >= 11 is 12.4. The van der Waals surface area contributed by atoms with E-state index in [1.54, 1.807) is 0 Å². The van der Waals surface area contributed by atoms with E-state index in [1.165, 1.54) is 5.57 Å². The van der Waals surface area contributed by atoms with E-state index >= 15 is 0 Å². The molecule has 1 aromatic rings. The molecule has 0 bridgehead atoms. The number of ether oxygens (including phenoxy) is 1. The maximum absolute atomic E-state index is 12.6. The summed E-state index contributed by atoms with van der Waals surface area (Å²) in [6.07, 6.45) is 5.52. The van der Waals surface area contributed by atoms with Gasteiger partial charge in [0.15, 0.2) is 0 Å². The first-order valence-electron chi connectivity index (χ1n) is 8.88. The van der Waals surface area contributed by atoms with E-state index in [4.69, 9.17) is 27.9 Å². The van der Waals surface area contributed by atoms with Crippen LogP contribution in [0.1, 0.15) is 39.2 Å². The molecule has 0 spiro atoms. The molecule has 3 rings (SSSR count). The van der Waals surface area contributed by atoms with Crippen LogP contribution in [0.2, 0.25) is 10.0 Å². The minimum absolute atomic E-state index is 0.153. The smallest absolute Gasteiger partial charge is 0.410 e. The van der Waals surface area contributed by atoms with Crippen molar-refractivity contribution in [2.45, 2.75) is 44.6 Å². The molecule has 26 heavy (non-hydrogen) atoms. The molecular formula is C21H25Cl2NO2. The molecule has 1 saturated heterocycles. The van der Waals surface area contributed by atoms with Crippen molar-refractivity contribution >= 4 is 29.3 Å². The molecule has 1 aliphatic heterocycles. The standard InChI is InChI=1S/C21H25Cl2NO2/c1-5-6-14-9-16-12-24(19(25)26-20(2,3)4)13-21(16,11-14)15-7-8-17(22)18(23)10-15/h5-8,10,16H,1,9,11-13H2,2-4H3/b14-6-/t16-,21+/m1/s1. The number of benzene rings is 1. The van der Waals surface area contributed by atoms with Crippen LogP contribution in [0.3, 0.4) is 0 Å². The van der Waals surface area contributed by atoms with Crippen molar-refractivity contribution in [3.8, 4) is 0 Å². The van der Waals surface area contributed by atoms with Gasteiger partial charge in [0.2, 0.25) is 0 Å². The largest absolute Gasteiger partial charge is 0.444 e. The maximum atomic E-state index is 12.6. The monoisotopic (exact) mass is 393 g/mol. The maximum Gasteiger partial charge on any atom is 0.410 e. The number of halogens is 2. The minimum Gasteiger partial charge on any atom is -0.444 e. The summed E-state index contributed by atoms with van der Waals surface area (Å²) in [6, 6.07) is 5.83. The van der Waals surface area contributed by atoms with Gasteiger partial charge >= 0.3 is 6.09 Å². The van der Waals surface area contributed by atoms with E-state index in [1.807, 2.05) is 49.9 Å². The van der Waals surface area contributed by atoms with Crippen molar-refractivity contribution < 1.29 is 9.53 Å². The number of hydrogen-bond donors (Lipinski definition) is 0. The third-order valence-corrected chi connectivity index (χ3v) is 5.99. The Morgan fingerprint density at radius 1 is 1.35 bits per heavy atom. The van der Waals surface area contributed by atoms with Crippen molar-refractivity contribution in [3.05, 3.63) is 58.1 Å². The molecule has 2 fully saturated rings. The SMILES string of the molecule is C=C/C=C1/C[C@@H]2CN(C(=O)OC(C)(C)C)C[C@]2(c2ccc(Cl)c(Cl)c2)C1. The number of hydrogen-bond acceptors (Lipinski definition) is 2. The number of carbonyl (C=O) groups excluding carboxylic acids is 1. The lowest BCUT2D eigenvalue weighted by atomic mass is 9.74. The third kappa shape index (κ3) is 3.65. The summed E-state index contributed by atoms with van der Waals surface area (Å²) in [5, 5.41) is 1.10. The van der Waals surface area contributed by atoms with E-state index in [9.17, 15) is 4.79 Å². The molecule has 1 heterocycles. The second kappa shape index (κ2) is 6.94. The molecule has 140 valence electrons. The Bertz CT molecular complexity index is 766. The van der Waals surface area contributed by atoms with E-state index in [0.717, 1.165) is 18.4 Å². The van der Waals surface area contributed by atoms with Crippen LogP contribution < -0.4 is 0 Å². The highest BCUT2D eigenvalue weighted by atomic mass is 35.5. The Hall–Kier alpha value is -1.45. The molecule has 0 unspecified atom stereocenters. The predicted octanol–water partition coefficient (Wildman–Crippen LogP) is 6.00. The fourth-order valence-electron chi connectivity index (χ4n) is 4.22. The lowest BCUT2D eigenvalue weighted by Gasteiger charge is -2.30. The van der Waals surface area contributed by atoms with Crippen molar-refractivity contribution in [2.24, 2.45) is 5.92 Å². The topological polar surface area (TPSA) is 29.5 Å².